The maximum Gasteiger partial charge on any atom is 0.408 e. The number of nitrogens with one attached hydrogen (secondary N) is 2. The smallest absolute Gasteiger partial charge is 0.408 e. The molecule has 0 aliphatic carbocycles. The molecule has 0 aromatic heterocycles. The normalized spacial score (nSPS) is 12.9. The Bertz CT molecular complexity index is 861. The van der Waals surface area contributed by atoms with Gasteiger partial charge in [-0.1, -0.05) is 24.3 Å². The summed E-state index contributed by atoms with van der Waals surface area (Å²) in [4.78, 5) is 40.6. The van der Waals surface area contributed by atoms with Crippen LogP contribution in [0.25, 0.3) is 0 Å². The topological polar surface area (TPSA) is 112 Å². The van der Waals surface area contributed by atoms with Crippen LogP contribution in [0.15, 0.2) is 24.3 Å². The van der Waals surface area contributed by atoms with Crippen molar-refractivity contribution in [3.8, 4) is 6.07 Å². The highest BCUT2D eigenvalue weighted by Gasteiger charge is 2.36. The third kappa shape index (κ3) is 9.34. The standard InChI is InChI=1S/C24H36N4O4S/c1-16(2)26-21(29)20(18-11-9-8-10-17(18)3)28(14-13-25)22(30)19(12-15-33-7)27-23(31)32-24(4,5)6/h8-11,16,19-20H,12,14-15H2,1-7H3,(H,26,29)(H,27,31). The first-order valence-corrected chi connectivity index (χ1v) is 12.3. The summed E-state index contributed by atoms with van der Waals surface area (Å²) >= 11 is 1.53. The maximum atomic E-state index is 13.7. The molecule has 1 aromatic rings. The highest BCUT2D eigenvalue weighted by Crippen LogP contribution is 2.26. The van der Waals surface area contributed by atoms with Crippen LogP contribution in [0.2, 0.25) is 0 Å². The van der Waals surface area contributed by atoms with Crippen molar-refractivity contribution in [2.24, 2.45) is 0 Å². The molecule has 3 amide bonds. The minimum absolute atomic E-state index is 0.157. The fourth-order valence-corrected chi connectivity index (χ4v) is 3.69. The van der Waals surface area contributed by atoms with E-state index in [0.717, 1.165) is 5.56 Å². The molecular formula is C24H36N4O4S. The molecule has 1 rings (SSSR count). The Labute approximate surface area is 201 Å². The third-order valence-corrected chi connectivity index (χ3v) is 5.24. The highest BCUT2D eigenvalue weighted by molar-refractivity contribution is 7.98. The second-order valence-corrected chi connectivity index (χ2v) is 10.0. The van der Waals surface area contributed by atoms with Gasteiger partial charge in [0.2, 0.25) is 11.8 Å². The van der Waals surface area contributed by atoms with Gasteiger partial charge in [0, 0.05) is 6.04 Å². The predicted molar refractivity (Wildman–Crippen MR) is 131 cm³/mol. The molecule has 1 aromatic carbocycles. The average molecular weight is 477 g/mol. The first kappa shape index (κ1) is 28.3. The van der Waals surface area contributed by atoms with E-state index in [2.05, 4.69) is 10.6 Å². The van der Waals surface area contributed by atoms with Crippen molar-refractivity contribution in [1.29, 1.82) is 5.26 Å². The number of amides is 3. The lowest BCUT2D eigenvalue weighted by molar-refractivity contribution is -0.142. The van der Waals surface area contributed by atoms with Crippen LogP contribution in [0.1, 0.15) is 58.2 Å². The largest absolute Gasteiger partial charge is 0.444 e. The number of rotatable bonds is 10. The zero-order valence-electron chi connectivity index (χ0n) is 20.6. The lowest BCUT2D eigenvalue weighted by Gasteiger charge is -2.34. The zero-order chi connectivity index (χ0) is 25.2. The number of alkyl carbamates (subject to hydrolysis) is 1. The van der Waals surface area contributed by atoms with Crippen molar-refractivity contribution in [2.75, 3.05) is 18.6 Å². The Kier molecular flexibility index (Phi) is 11.2. The molecule has 33 heavy (non-hydrogen) atoms. The molecular weight excluding hydrogens is 440 g/mol. The molecule has 2 N–H and O–H groups in total. The molecule has 2 unspecified atom stereocenters. The van der Waals surface area contributed by atoms with E-state index in [4.69, 9.17) is 4.74 Å². The SMILES string of the molecule is CSCCC(NC(=O)OC(C)(C)C)C(=O)N(CC#N)C(C(=O)NC(C)C)c1ccccc1C. The minimum atomic E-state index is -1.02. The summed E-state index contributed by atoms with van der Waals surface area (Å²) in [6.45, 7) is 10.4. The molecule has 0 bridgehead atoms. The number of benzene rings is 1. The van der Waals surface area contributed by atoms with Crippen LogP contribution in [0.3, 0.4) is 0 Å². The number of carbonyl (C=O) groups excluding carboxylic acids is 3. The van der Waals surface area contributed by atoms with Crippen molar-refractivity contribution in [3.63, 3.8) is 0 Å². The Balaban J connectivity index is 3.41. The summed E-state index contributed by atoms with van der Waals surface area (Å²) in [5.74, 6) is -0.299. The second kappa shape index (κ2) is 13.1. The molecule has 0 saturated heterocycles. The van der Waals surface area contributed by atoms with E-state index >= 15 is 0 Å². The monoisotopic (exact) mass is 476 g/mol. The van der Waals surface area contributed by atoms with Gasteiger partial charge in [-0.2, -0.15) is 17.0 Å². The van der Waals surface area contributed by atoms with Gasteiger partial charge in [-0.3, -0.25) is 9.59 Å². The van der Waals surface area contributed by atoms with Crippen molar-refractivity contribution in [2.45, 2.75) is 71.7 Å². The van der Waals surface area contributed by atoms with Crippen LogP contribution in [0, 0.1) is 18.3 Å². The molecule has 0 aliphatic heterocycles. The summed E-state index contributed by atoms with van der Waals surface area (Å²) < 4.78 is 5.33. The number of thioether (sulfide) groups is 1. The lowest BCUT2D eigenvalue weighted by atomic mass is 9.97. The summed E-state index contributed by atoms with van der Waals surface area (Å²) in [5, 5.41) is 15.0. The molecule has 2 atom stereocenters. The molecule has 0 fully saturated rings. The van der Waals surface area contributed by atoms with Crippen LogP contribution >= 0.6 is 11.8 Å². The van der Waals surface area contributed by atoms with Crippen LogP contribution in [-0.2, 0) is 14.3 Å². The summed E-state index contributed by atoms with van der Waals surface area (Å²) in [6, 6.07) is 7.15. The number of hydrogen-bond donors (Lipinski definition) is 2. The molecule has 8 nitrogen and oxygen atoms in total. The third-order valence-electron chi connectivity index (χ3n) is 4.60. The van der Waals surface area contributed by atoms with E-state index in [9.17, 15) is 19.6 Å². The molecule has 0 heterocycles. The van der Waals surface area contributed by atoms with Gasteiger partial charge in [0.15, 0.2) is 0 Å². The van der Waals surface area contributed by atoms with Gasteiger partial charge in [0.05, 0.1) is 6.07 Å². The van der Waals surface area contributed by atoms with Crippen LogP contribution in [-0.4, -0.2) is 59.0 Å². The molecule has 0 radical (unpaired) electrons. The van der Waals surface area contributed by atoms with Crippen molar-refractivity contribution < 1.29 is 19.1 Å². The van der Waals surface area contributed by atoms with E-state index in [-0.39, 0.29) is 18.5 Å². The molecule has 182 valence electrons. The van der Waals surface area contributed by atoms with Gasteiger partial charge < -0.3 is 20.3 Å². The first-order valence-electron chi connectivity index (χ1n) is 10.9. The second-order valence-electron chi connectivity index (χ2n) is 9.03. The summed E-state index contributed by atoms with van der Waals surface area (Å²) in [7, 11) is 0. The van der Waals surface area contributed by atoms with Gasteiger partial charge in [-0.25, -0.2) is 4.79 Å². The fraction of sp³-hybridized carbons (Fsp3) is 0.583. The van der Waals surface area contributed by atoms with E-state index in [1.165, 1.54) is 16.7 Å². The van der Waals surface area contributed by atoms with Gasteiger partial charge >= 0.3 is 6.09 Å². The number of nitriles is 1. The Hall–Kier alpha value is -2.73. The molecule has 0 spiro atoms. The highest BCUT2D eigenvalue weighted by atomic mass is 32.2. The van der Waals surface area contributed by atoms with Crippen LogP contribution in [0.5, 0.6) is 0 Å². The molecule has 0 aliphatic rings. The Morgan fingerprint density at radius 2 is 1.82 bits per heavy atom. The number of nitrogens with zero attached hydrogens (tertiary/aromatic N) is 2. The van der Waals surface area contributed by atoms with Gasteiger partial charge in [0.25, 0.3) is 0 Å². The number of aryl methyl sites for hydroxylation is 1. The van der Waals surface area contributed by atoms with Crippen LogP contribution < -0.4 is 10.6 Å². The fourth-order valence-electron chi connectivity index (χ4n) is 3.22. The summed E-state index contributed by atoms with van der Waals surface area (Å²) in [5.41, 5.74) is 0.711. The maximum absolute atomic E-state index is 13.7. The van der Waals surface area contributed by atoms with Gasteiger partial charge in [0.1, 0.15) is 24.2 Å². The molecule has 0 saturated carbocycles. The average Bonchev–Trinajstić information content (AvgIpc) is 2.69. The predicted octanol–water partition coefficient (Wildman–Crippen LogP) is 3.56. The van der Waals surface area contributed by atoms with Crippen molar-refractivity contribution >= 4 is 29.7 Å². The van der Waals surface area contributed by atoms with Gasteiger partial charge in [-0.05, 0) is 71.1 Å². The Morgan fingerprint density at radius 3 is 2.33 bits per heavy atom. The van der Waals surface area contributed by atoms with Crippen molar-refractivity contribution in [1.82, 2.24) is 15.5 Å². The van der Waals surface area contributed by atoms with E-state index in [1.807, 2.05) is 45.2 Å². The molecule has 9 heteroatoms. The van der Waals surface area contributed by atoms with E-state index in [0.29, 0.717) is 17.7 Å². The van der Waals surface area contributed by atoms with Crippen molar-refractivity contribution in [3.05, 3.63) is 35.4 Å². The minimum Gasteiger partial charge on any atom is -0.444 e. The lowest BCUT2D eigenvalue weighted by Crippen LogP contribution is -2.53. The first-order chi connectivity index (χ1) is 15.4. The zero-order valence-corrected chi connectivity index (χ0v) is 21.4. The number of carbonyl (C=O) groups is 3. The Morgan fingerprint density at radius 1 is 1.18 bits per heavy atom. The van der Waals surface area contributed by atoms with E-state index in [1.54, 1.807) is 32.9 Å². The van der Waals surface area contributed by atoms with Crippen LogP contribution in [0.4, 0.5) is 4.79 Å². The van der Waals surface area contributed by atoms with E-state index < -0.39 is 29.7 Å². The van der Waals surface area contributed by atoms with Gasteiger partial charge in [-0.15, -0.1) is 0 Å². The quantitative estimate of drug-likeness (QED) is 0.500. The summed E-state index contributed by atoms with van der Waals surface area (Å²) in [6.07, 6.45) is 1.50. The number of ether oxygens (including phenoxy) is 1. The number of hydrogen-bond acceptors (Lipinski definition) is 6.